The molecular formula is C8H2I3NO2. The van der Waals surface area contributed by atoms with Crippen LogP contribution in [-0.2, 0) is 0 Å². The summed E-state index contributed by atoms with van der Waals surface area (Å²) in [4.78, 5) is 22.8. The van der Waals surface area contributed by atoms with Gasteiger partial charge in [-0.3, -0.25) is 14.9 Å². The van der Waals surface area contributed by atoms with E-state index in [4.69, 9.17) is 0 Å². The van der Waals surface area contributed by atoms with Crippen molar-refractivity contribution in [1.29, 1.82) is 0 Å². The van der Waals surface area contributed by atoms with Crippen LogP contribution < -0.4 is 5.32 Å². The Kier molecular flexibility index (Phi) is 3.04. The molecule has 0 saturated heterocycles. The van der Waals surface area contributed by atoms with Crippen molar-refractivity contribution in [3.8, 4) is 0 Å². The maximum absolute atomic E-state index is 11.4. The molecule has 1 aromatic carbocycles. The summed E-state index contributed by atoms with van der Waals surface area (Å²) in [6.45, 7) is 0. The van der Waals surface area contributed by atoms with Gasteiger partial charge in [0.2, 0.25) is 0 Å². The number of hydrogen-bond acceptors (Lipinski definition) is 2. The van der Waals surface area contributed by atoms with Crippen LogP contribution >= 0.6 is 67.8 Å². The van der Waals surface area contributed by atoms with Crippen molar-refractivity contribution in [1.82, 2.24) is 5.32 Å². The molecule has 1 aliphatic rings. The molecule has 0 bridgehead atoms. The second kappa shape index (κ2) is 3.85. The highest BCUT2D eigenvalue weighted by molar-refractivity contribution is 14.1. The lowest BCUT2D eigenvalue weighted by Gasteiger charge is -2.03. The molecule has 6 heteroatoms. The molecule has 0 fully saturated rings. The molecule has 0 aromatic heterocycles. The Hall–Kier alpha value is 0.550. The van der Waals surface area contributed by atoms with Gasteiger partial charge < -0.3 is 0 Å². The van der Waals surface area contributed by atoms with Crippen LogP contribution in [0.5, 0.6) is 0 Å². The van der Waals surface area contributed by atoms with Gasteiger partial charge in [-0.25, -0.2) is 0 Å². The number of benzene rings is 1. The minimum Gasteiger partial charge on any atom is -0.288 e. The van der Waals surface area contributed by atoms with Crippen LogP contribution in [0.15, 0.2) is 6.07 Å². The number of nitrogens with one attached hydrogen (secondary N) is 1. The highest BCUT2D eigenvalue weighted by Gasteiger charge is 2.30. The first-order valence-corrected chi connectivity index (χ1v) is 6.79. The van der Waals surface area contributed by atoms with Crippen LogP contribution in [0.1, 0.15) is 20.7 Å². The van der Waals surface area contributed by atoms with Gasteiger partial charge in [-0.05, 0) is 73.8 Å². The predicted molar refractivity (Wildman–Crippen MR) is 76.4 cm³/mol. The Morgan fingerprint density at radius 2 is 1.64 bits per heavy atom. The summed E-state index contributed by atoms with van der Waals surface area (Å²) < 4.78 is 2.87. The Bertz CT molecular complexity index is 470. The van der Waals surface area contributed by atoms with Crippen molar-refractivity contribution < 1.29 is 9.59 Å². The van der Waals surface area contributed by atoms with Gasteiger partial charge in [-0.15, -0.1) is 0 Å². The van der Waals surface area contributed by atoms with Gasteiger partial charge in [0, 0.05) is 10.7 Å². The monoisotopic (exact) mass is 525 g/mol. The zero-order valence-corrected chi connectivity index (χ0v) is 13.0. The van der Waals surface area contributed by atoms with E-state index in [-0.39, 0.29) is 11.8 Å². The second-order valence-electron chi connectivity index (χ2n) is 2.69. The molecule has 0 saturated carbocycles. The summed E-state index contributed by atoms with van der Waals surface area (Å²) in [5, 5.41) is 2.29. The number of hydrogen-bond donors (Lipinski definition) is 1. The van der Waals surface area contributed by atoms with Crippen LogP contribution in [0, 0.1) is 10.7 Å². The summed E-state index contributed by atoms with van der Waals surface area (Å²) in [6.07, 6.45) is 0. The predicted octanol–water partition coefficient (Wildman–Crippen LogP) is 2.38. The number of amides is 2. The molecule has 14 heavy (non-hydrogen) atoms. The lowest BCUT2D eigenvalue weighted by molar-refractivity contribution is 0.0879. The van der Waals surface area contributed by atoms with E-state index in [1.165, 1.54) is 0 Å². The minimum atomic E-state index is -0.294. The number of halogens is 3. The summed E-state index contributed by atoms with van der Waals surface area (Å²) in [5.74, 6) is -0.582. The normalized spacial score (nSPS) is 14.2. The molecular weight excluding hydrogens is 523 g/mol. The molecule has 1 heterocycles. The first kappa shape index (κ1) is 11.0. The molecule has 3 nitrogen and oxygen atoms in total. The summed E-state index contributed by atoms with van der Waals surface area (Å²) in [7, 11) is 0. The Balaban J connectivity index is 2.82. The highest BCUT2D eigenvalue weighted by atomic mass is 127. The maximum Gasteiger partial charge on any atom is 0.260 e. The average molecular weight is 525 g/mol. The molecule has 2 amide bonds. The van der Waals surface area contributed by atoms with E-state index in [1.807, 2.05) is 0 Å². The molecule has 72 valence electrons. The molecule has 0 unspecified atom stereocenters. The van der Waals surface area contributed by atoms with E-state index in [0.717, 1.165) is 10.7 Å². The maximum atomic E-state index is 11.4. The Labute approximate surface area is 121 Å². The fourth-order valence-electron chi connectivity index (χ4n) is 1.23. The number of imide groups is 1. The Morgan fingerprint density at radius 3 is 2.29 bits per heavy atom. The van der Waals surface area contributed by atoms with Gasteiger partial charge in [0.15, 0.2) is 0 Å². The fraction of sp³-hybridized carbons (Fsp3) is 0. The van der Waals surface area contributed by atoms with Crippen molar-refractivity contribution in [2.24, 2.45) is 0 Å². The third-order valence-corrected chi connectivity index (χ3v) is 6.98. The van der Waals surface area contributed by atoms with E-state index in [2.05, 4.69) is 73.1 Å². The quantitative estimate of drug-likeness (QED) is 0.322. The van der Waals surface area contributed by atoms with E-state index in [1.54, 1.807) is 6.07 Å². The SMILES string of the molecule is O=C1NC(=O)c2c1cc(I)c(I)c2I. The third kappa shape index (κ3) is 1.58. The van der Waals surface area contributed by atoms with Crippen LogP contribution in [0.3, 0.4) is 0 Å². The van der Waals surface area contributed by atoms with Gasteiger partial charge in [-0.1, -0.05) is 0 Å². The molecule has 1 N–H and O–H groups in total. The van der Waals surface area contributed by atoms with Crippen LogP contribution in [0.4, 0.5) is 0 Å². The first-order chi connectivity index (χ1) is 6.52. The van der Waals surface area contributed by atoms with Crippen molar-refractivity contribution in [3.63, 3.8) is 0 Å². The van der Waals surface area contributed by atoms with Gasteiger partial charge in [-0.2, -0.15) is 0 Å². The Morgan fingerprint density at radius 1 is 1.00 bits per heavy atom. The van der Waals surface area contributed by atoms with Crippen molar-refractivity contribution >= 4 is 79.6 Å². The summed E-state index contributed by atoms with van der Waals surface area (Å²) in [5.41, 5.74) is 1.00. The average Bonchev–Trinajstić information content (AvgIpc) is 2.38. The topological polar surface area (TPSA) is 46.2 Å². The van der Waals surface area contributed by atoms with Gasteiger partial charge in [0.1, 0.15) is 0 Å². The van der Waals surface area contributed by atoms with E-state index in [9.17, 15) is 9.59 Å². The van der Waals surface area contributed by atoms with E-state index in [0.29, 0.717) is 11.1 Å². The zero-order chi connectivity index (χ0) is 10.5. The third-order valence-electron chi connectivity index (χ3n) is 1.86. The number of rotatable bonds is 0. The van der Waals surface area contributed by atoms with Gasteiger partial charge in [0.05, 0.1) is 11.1 Å². The van der Waals surface area contributed by atoms with Crippen LogP contribution in [0.2, 0.25) is 0 Å². The lowest BCUT2D eigenvalue weighted by atomic mass is 10.1. The second-order valence-corrected chi connectivity index (χ2v) is 6.01. The number of fused-ring (bicyclic) bond motifs is 1. The zero-order valence-electron chi connectivity index (χ0n) is 6.53. The molecule has 1 aliphatic heterocycles. The van der Waals surface area contributed by atoms with Crippen molar-refractivity contribution in [2.75, 3.05) is 0 Å². The lowest BCUT2D eigenvalue weighted by Crippen LogP contribution is -2.20. The van der Waals surface area contributed by atoms with Crippen LogP contribution in [0.25, 0.3) is 0 Å². The van der Waals surface area contributed by atoms with Crippen LogP contribution in [-0.4, -0.2) is 11.8 Å². The fourth-order valence-corrected chi connectivity index (χ4v) is 3.58. The summed E-state index contributed by atoms with van der Waals surface area (Å²) >= 11 is 6.43. The first-order valence-electron chi connectivity index (χ1n) is 3.55. The minimum absolute atomic E-state index is 0.288. The largest absolute Gasteiger partial charge is 0.288 e. The smallest absolute Gasteiger partial charge is 0.260 e. The summed E-state index contributed by atoms with van der Waals surface area (Å²) in [6, 6.07) is 1.75. The molecule has 0 radical (unpaired) electrons. The standard InChI is InChI=1S/C8H2I3NO2/c9-3-1-2-4(6(11)5(3)10)8(14)12-7(2)13/h1H,(H,12,13,14). The van der Waals surface area contributed by atoms with E-state index < -0.39 is 0 Å². The molecule has 2 rings (SSSR count). The molecule has 0 atom stereocenters. The number of carbonyl (C=O) groups is 2. The highest BCUT2D eigenvalue weighted by Crippen LogP contribution is 2.29. The molecule has 1 aromatic rings. The van der Waals surface area contributed by atoms with Crippen molar-refractivity contribution in [2.45, 2.75) is 0 Å². The molecule has 0 aliphatic carbocycles. The van der Waals surface area contributed by atoms with Gasteiger partial charge in [0.25, 0.3) is 11.8 Å². The van der Waals surface area contributed by atoms with Crippen molar-refractivity contribution in [3.05, 3.63) is 27.9 Å². The van der Waals surface area contributed by atoms with E-state index >= 15 is 0 Å². The van der Waals surface area contributed by atoms with Gasteiger partial charge >= 0.3 is 0 Å². The number of carbonyl (C=O) groups excluding carboxylic acids is 2. The molecule has 0 spiro atoms.